The largest absolute Gasteiger partial charge is 0.294 e. The first kappa shape index (κ1) is 23.7. The van der Waals surface area contributed by atoms with Crippen LogP contribution in [0.1, 0.15) is 11.1 Å². The van der Waals surface area contributed by atoms with Crippen LogP contribution in [0.3, 0.4) is 0 Å². The van der Waals surface area contributed by atoms with E-state index >= 15 is 0 Å². The SMILES string of the molecule is N#Cc1ccc2c(c1)c1ccccc1n2-c1cccc(-n2c3ccc(C#N)cc3c3ccc4c5ccccc5sc4c32)n1. The highest BCUT2D eigenvalue weighted by Crippen LogP contribution is 2.43. The summed E-state index contributed by atoms with van der Waals surface area (Å²) in [7, 11) is 0. The zero-order valence-corrected chi connectivity index (χ0v) is 23.4. The normalized spacial score (nSPS) is 11.7. The highest BCUT2D eigenvalue weighted by Gasteiger charge is 2.20. The summed E-state index contributed by atoms with van der Waals surface area (Å²) in [6.45, 7) is 0. The Kier molecular flexibility index (Phi) is 4.84. The highest BCUT2D eigenvalue weighted by atomic mass is 32.1. The van der Waals surface area contributed by atoms with Crippen LogP contribution in [0, 0.1) is 22.7 Å². The van der Waals surface area contributed by atoms with Gasteiger partial charge in [-0.25, -0.2) is 4.98 Å². The molecular weight excluding hydrogens is 547 g/mol. The molecule has 0 aliphatic heterocycles. The summed E-state index contributed by atoms with van der Waals surface area (Å²) in [6, 6.07) is 43.6. The van der Waals surface area contributed by atoms with Gasteiger partial charge in [0, 0.05) is 37.0 Å². The van der Waals surface area contributed by atoms with Crippen LogP contribution >= 0.6 is 11.3 Å². The van der Waals surface area contributed by atoms with Crippen molar-refractivity contribution in [3.05, 3.63) is 126 Å². The summed E-state index contributed by atoms with van der Waals surface area (Å²) in [5.74, 6) is 1.59. The van der Waals surface area contributed by atoms with Crippen molar-refractivity contribution in [2.75, 3.05) is 0 Å². The quantitative estimate of drug-likeness (QED) is 0.210. The Morgan fingerprint density at radius 3 is 1.88 bits per heavy atom. The number of pyridine rings is 1. The van der Waals surface area contributed by atoms with Crippen LogP contribution in [0.5, 0.6) is 0 Å². The molecule has 0 unspecified atom stereocenters. The van der Waals surface area contributed by atoms with Crippen LogP contribution in [-0.2, 0) is 0 Å². The lowest BCUT2D eigenvalue weighted by molar-refractivity contribution is 1.02. The van der Waals surface area contributed by atoms with Crippen LogP contribution in [0.4, 0.5) is 0 Å². The first-order chi connectivity index (χ1) is 21.2. The zero-order valence-electron chi connectivity index (χ0n) is 22.6. The fraction of sp³-hybridized carbons (Fsp3) is 0. The lowest BCUT2D eigenvalue weighted by atomic mass is 10.1. The molecule has 0 aliphatic carbocycles. The monoisotopic (exact) mass is 565 g/mol. The molecule has 0 atom stereocenters. The summed E-state index contributed by atoms with van der Waals surface area (Å²) in [5.41, 5.74) is 5.39. The summed E-state index contributed by atoms with van der Waals surface area (Å²) in [5, 5.41) is 26.0. The second-order valence-electron chi connectivity index (χ2n) is 10.7. The molecule has 0 fully saturated rings. The van der Waals surface area contributed by atoms with Gasteiger partial charge in [-0.15, -0.1) is 11.3 Å². The number of hydrogen-bond donors (Lipinski definition) is 0. The van der Waals surface area contributed by atoms with Crippen molar-refractivity contribution in [1.82, 2.24) is 14.1 Å². The Morgan fingerprint density at radius 1 is 0.512 bits per heavy atom. The molecule has 198 valence electrons. The molecule has 43 heavy (non-hydrogen) atoms. The third-order valence-corrected chi connectivity index (χ3v) is 9.57. The number of benzene rings is 5. The molecule has 0 saturated carbocycles. The van der Waals surface area contributed by atoms with Crippen LogP contribution < -0.4 is 0 Å². The third-order valence-electron chi connectivity index (χ3n) is 8.38. The lowest BCUT2D eigenvalue weighted by Gasteiger charge is -2.12. The van der Waals surface area contributed by atoms with Gasteiger partial charge in [-0.1, -0.05) is 54.6 Å². The van der Waals surface area contributed by atoms with E-state index in [0.29, 0.717) is 11.1 Å². The summed E-state index contributed by atoms with van der Waals surface area (Å²) in [4.78, 5) is 5.30. The number of nitrogens with zero attached hydrogens (tertiary/aromatic N) is 5. The number of fused-ring (bicyclic) bond motifs is 10. The van der Waals surface area contributed by atoms with Crippen molar-refractivity contribution in [2.45, 2.75) is 0 Å². The Bertz CT molecular complexity index is 2710. The van der Waals surface area contributed by atoms with Crippen LogP contribution in [0.25, 0.3) is 75.4 Å². The van der Waals surface area contributed by atoms with Gasteiger partial charge >= 0.3 is 0 Å². The molecule has 0 radical (unpaired) electrons. The number of aromatic nitrogens is 3. The van der Waals surface area contributed by atoms with Gasteiger partial charge in [0.2, 0.25) is 0 Å². The number of para-hydroxylation sites is 1. The fourth-order valence-electron chi connectivity index (χ4n) is 6.54. The maximum atomic E-state index is 9.72. The molecule has 9 aromatic rings. The van der Waals surface area contributed by atoms with E-state index in [9.17, 15) is 10.5 Å². The first-order valence-corrected chi connectivity index (χ1v) is 14.7. The minimum absolute atomic E-state index is 0.631. The van der Waals surface area contributed by atoms with Crippen molar-refractivity contribution >= 4 is 75.1 Å². The molecule has 9 rings (SSSR count). The highest BCUT2D eigenvalue weighted by molar-refractivity contribution is 7.26. The molecule has 5 aromatic carbocycles. The number of rotatable bonds is 2. The average Bonchev–Trinajstić information content (AvgIpc) is 3.72. The second-order valence-corrected chi connectivity index (χ2v) is 11.7. The first-order valence-electron chi connectivity index (χ1n) is 13.9. The van der Waals surface area contributed by atoms with Crippen molar-refractivity contribution in [2.24, 2.45) is 0 Å². The standard InChI is InChI=1S/C37H19N5S/c38-20-22-12-16-31-28(18-22)24-6-1-3-8-30(24)41(31)34-10-5-11-35(40-34)42-32-17-13-23(21-39)19-29(32)26-14-15-27-25-7-2-4-9-33(25)43-37(27)36(26)42/h1-19H. The Hall–Kier alpha value is -5.95. The van der Waals surface area contributed by atoms with Gasteiger partial charge in [-0.05, 0) is 60.7 Å². The molecule has 0 amide bonds. The van der Waals surface area contributed by atoms with Crippen molar-refractivity contribution < 1.29 is 0 Å². The van der Waals surface area contributed by atoms with Crippen LogP contribution in [-0.4, -0.2) is 14.1 Å². The van der Waals surface area contributed by atoms with Gasteiger partial charge in [0.15, 0.2) is 0 Å². The van der Waals surface area contributed by atoms with Crippen molar-refractivity contribution in [3.8, 4) is 23.8 Å². The maximum absolute atomic E-state index is 9.72. The molecule has 0 saturated heterocycles. The molecule has 0 aliphatic rings. The third kappa shape index (κ3) is 3.27. The van der Waals surface area contributed by atoms with E-state index in [1.54, 1.807) is 11.3 Å². The zero-order chi connectivity index (χ0) is 28.7. The summed E-state index contributed by atoms with van der Waals surface area (Å²) in [6.07, 6.45) is 0. The minimum Gasteiger partial charge on any atom is -0.294 e. The van der Waals surface area contributed by atoms with Gasteiger partial charge in [0.05, 0.1) is 50.0 Å². The van der Waals surface area contributed by atoms with Gasteiger partial charge in [0.1, 0.15) is 11.6 Å². The predicted molar refractivity (Wildman–Crippen MR) is 175 cm³/mol. The molecular formula is C37H19N5S. The fourth-order valence-corrected chi connectivity index (χ4v) is 7.78. The van der Waals surface area contributed by atoms with E-state index in [0.717, 1.165) is 55.2 Å². The van der Waals surface area contributed by atoms with Crippen molar-refractivity contribution in [1.29, 1.82) is 10.5 Å². The van der Waals surface area contributed by atoms with Gasteiger partial charge < -0.3 is 0 Å². The summed E-state index contributed by atoms with van der Waals surface area (Å²) < 4.78 is 6.85. The number of nitriles is 2. The number of hydrogen-bond acceptors (Lipinski definition) is 4. The molecule has 6 heteroatoms. The van der Waals surface area contributed by atoms with E-state index < -0.39 is 0 Å². The van der Waals surface area contributed by atoms with Gasteiger partial charge in [-0.2, -0.15) is 10.5 Å². The van der Waals surface area contributed by atoms with E-state index in [-0.39, 0.29) is 0 Å². The van der Waals surface area contributed by atoms with Crippen LogP contribution in [0.15, 0.2) is 115 Å². The lowest BCUT2D eigenvalue weighted by Crippen LogP contribution is -2.03. The molecule has 5 nitrogen and oxygen atoms in total. The smallest absolute Gasteiger partial charge is 0.140 e. The molecule has 0 spiro atoms. The molecule has 0 bridgehead atoms. The topological polar surface area (TPSA) is 70.3 Å². The average molecular weight is 566 g/mol. The predicted octanol–water partition coefficient (Wildman–Crippen LogP) is 9.39. The summed E-state index contributed by atoms with van der Waals surface area (Å²) >= 11 is 1.79. The van der Waals surface area contributed by atoms with Crippen LogP contribution in [0.2, 0.25) is 0 Å². The number of thiophene rings is 1. The van der Waals surface area contributed by atoms with Gasteiger partial charge in [-0.3, -0.25) is 9.13 Å². The molecule has 0 N–H and O–H groups in total. The second kappa shape index (κ2) is 8.77. The Labute approximate surface area is 249 Å². The van der Waals surface area contributed by atoms with E-state index in [1.165, 1.54) is 20.2 Å². The Morgan fingerprint density at radius 2 is 1.12 bits per heavy atom. The van der Waals surface area contributed by atoms with E-state index in [2.05, 4.69) is 75.9 Å². The molecule has 4 heterocycles. The van der Waals surface area contributed by atoms with E-state index in [1.807, 2.05) is 60.7 Å². The minimum atomic E-state index is 0.631. The van der Waals surface area contributed by atoms with Crippen molar-refractivity contribution in [3.63, 3.8) is 0 Å². The maximum Gasteiger partial charge on any atom is 0.140 e. The Balaban J connectivity index is 1.39. The van der Waals surface area contributed by atoms with Gasteiger partial charge in [0.25, 0.3) is 0 Å². The molecule has 4 aromatic heterocycles. The van der Waals surface area contributed by atoms with E-state index in [4.69, 9.17) is 4.98 Å².